The summed E-state index contributed by atoms with van der Waals surface area (Å²) in [4.78, 5) is 4.40. The molecule has 6 nitrogen and oxygen atoms in total. The van der Waals surface area contributed by atoms with E-state index in [9.17, 15) is 5.11 Å². The highest BCUT2D eigenvalue weighted by Crippen LogP contribution is 2.18. The third kappa shape index (κ3) is 2.88. The van der Waals surface area contributed by atoms with Gasteiger partial charge in [0.1, 0.15) is 11.2 Å². The van der Waals surface area contributed by atoms with Crippen LogP contribution in [0.3, 0.4) is 0 Å². The van der Waals surface area contributed by atoms with Gasteiger partial charge in [-0.05, 0) is 31.5 Å². The lowest BCUT2D eigenvalue weighted by Gasteiger charge is -2.22. The first-order chi connectivity index (χ1) is 10.5. The van der Waals surface area contributed by atoms with Gasteiger partial charge in [0.25, 0.3) is 0 Å². The topological polar surface area (TPSA) is 67.4 Å². The monoisotopic (exact) mass is 299 g/mol. The molecule has 0 aromatic carbocycles. The van der Waals surface area contributed by atoms with Crippen LogP contribution in [0.25, 0.3) is 5.65 Å². The van der Waals surface area contributed by atoms with Crippen molar-refractivity contribution in [3.63, 3.8) is 0 Å². The van der Waals surface area contributed by atoms with Crippen molar-refractivity contribution in [2.45, 2.75) is 26.0 Å². The first-order valence-electron chi connectivity index (χ1n) is 7.30. The summed E-state index contributed by atoms with van der Waals surface area (Å²) in [6.45, 7) is 4.92. The summed E-state index contributed by atoms with van der Waals surface area (Å²) in [5.41, 5.74) is 3.05. The fourth-order valence-electron chi connectivity index (χ4n) is 2.50. The maximum absolute atomic E-state index is 10.5. The number of fused-ring (bicyclic) bond motifs is 1. The van der Waals surface area contributed by atoms with Crippen molar-refractivity contribution in [2.75, 3.05) is 6.54 Å². The number of hydrogen-bond donors (Lipinski definition) is 2. The van der Waals surface area contributed by atoms with Gasteiger partial charge >= 0.3 is 0 Å². The van der Waals surface area contributed by atoms with E-state index in [0.29, 0.717) is 13.1 Å². The van der Waals surface area contributed by atoms with E-state index >= 15 is 0 Å². The molecule has 0 fully saturated rings. The van der Waals surface area contributed by atoms with Gasteiger partial charge in [-0.2, -0.15) is 5.10 Å². The molecule has 1 unspecified atom stereocenters. The summed E-state index contributed by atoms with van der Waals surface area (Å²) in [5, 5.41) is 17.9. The molecule has 3 aromatic heterocycles. The first-order valence-corrected chi connectivity index (χ1v) is 7.30. The van der Waals surface area contributed by atoms with Crippen LogP contribution < -0.4 is 5.32 Å². The standard InChI is InChI=1S/C16H21N5O/c1-12-4-5-21-14(9-18-15(21)6-12)8-17-11-16(2,22)13-7-19-20(3)10-13/h4-7,9-10,17,22H,8,11H2,1-3H3. The van der Waals surface area contributed by atoms with E-state index < -0.39 is 5.60 Å². The molecule has 2 N–H and O–H groups in total. The Labute approximate surface area is 129 Å². The molecule has 0 radical (unpaired) electrons. The Morgan fingerprint density at radius 2 is 2.18 bits per heavy atom. The molecule has 3 rings (SSSR count). The van der Waals surface area contributed by atoms with Gasteiger partial charge < -0.3 is 14.8 Å². The SMILES string of the molecule is Cc1ccn2c(CNCC(C)(O)c3cnn(C)c3)cnc2c1. The van der Waals surface area contributed by atoms with E-state index in [-0.39, 0.29) is 0 Å². The van der Waals surface area contributed by atoms with Gasteiger partial charge in [0.05, 0.1) is 18.1 Å². The molecule has 0 aliphatic carbocycles. The van der Waals surface area contributed by atoms with Crippen LogP contribution >= 0.6 is 0 Å². The molecule has 1 atom stereocenters. The van der Waals surface area contributed by atoms with Crippen molar-refractivity contribution >= 4 is 5.65 Å². The number of aromatic nitrogens is 4. The van der Waals surface area contributed by atoms with Crippen LogP contribution in [0, 0.1) is 6.92 Å². The minimum atomic E-state index is -0.953. The normalized spacial score (nSPS) is 14.4. The highest BCUT2D eigenvalue weighted by atomic mass is 16.3. The van der Waals surface area contributed by atoms with Crippen LogP contribution in [0.15, 0.2) is 36.9 Å². The number of nitrogens with zero attached hydrogens (tertiary/aromatic N) is 4. The molecular formula is C16H21N5O. The molecule has 0 spiro atoms. The number of aliphatic hydroxyl groups is 1. The van der Waals surface area contributed by atoms with Crippen molar-refractivity contribution in [3.8, 4) is 0 Å². The molecule has 3 heterocycles. The van der Waals surface area contributed by atoms with Crippen LogP contribution in [0.4, 0.5) is 0 Å². The van der Waals surface area contributed by atoms with E-state index in [1.807, 2.05) is 25.6 Å². The molecule has 0 bridgehead atoms. The van der Waals surface area contributed by atoms with Gasteiger partial charge in [-0.1, -0.05) is 0 Å². The third-order valence-corrected chi connectivity index (χ3v) is 3.85. The Morgan fingerprint density at radius 1 is 1.36 bits per heavy atom. The fourth-order valence-corrected chi connectivity index (χ4v) is 2.50. The van der Waals surface area contributed by atoms with E-state index in [1.165, 1.54) is 5.56 Å². The maximum Gasteiger partial charge on any atom is 0.137 e. The smallest absolute Gasteiger partial charge is 0.137 e. The molecule has 22 heavy (non-hydrogen) atoms. The van der Waals surface area contributed by atoms with Gasteiger partial charge in [-0.3, -0.25) is 4.68 Å². The summed E-state index contributed by atoms with van der Waals surface area (Å²) in [5.74, 6) is 0. The van der Waals surface area contributed by atoms with Gasteiger partial charge in [-0.25, -0.2) is 4.98 Å². The lowest BCUT2D eigenvalue weighted by molar-refractivity contribution is 0.0565. The lowest BCUT2D eigenvalue weighted by atomic mass is 10.00. The largest absolute Gasteiger partial charge is 0.384 e. The molecule has 0 amide bonds. The van der Waals surface area contributed by atoms with Gasteiger partial charge in [0, 0.05) is 38.1 Å². The Morgan fingerprint density at radius 3 is 2.91 bits per heavy atom. The summed E-state index contributed by atoms with van der Waals surface area (Å²) in [6.07, 6.45) is 7.41. The molecular weight excluding hydrogens is 278 g/mol. The minimum absolute atomic E-state index is 0.442. The molecule has 3 aromatic rings. The highest BCUT2D eigenvalue weighted by Gasteiger charge is 2.24. The predicted octanol–water partition coefficient (Wildman–Crippen LogP) is 1.37. The van der Waals surface area contributed by atoms with Gasteiger partial charge in [0.15, 0.2) is 0 Å². The summed E-state index contributed by atoms with van der Waals surface area (Å²) < 4.78 is 3.75. The van der Waals surface area contributed by atoms with Crippen molar-refractivity contribution in [3.05, 3.63) is 53.7 Å². The van der Waals surface area contributed by atoms with Gasteiger partial charge in [0.2, 0.25) is 0 Å². The van der Waals surface area contributed by atoms with Crippen molar-refractivity contribution in [1.82, 2.24) is 24.5 Å². The zero-order valence-electron chi connectivity index (χ0n) is 13.1. The van der Waals surface area contributed by atoms with Crippen LogP contribution in [-0.4, -0.2) is 30.8 Å². The van der Waals surface area contributed by atoms with Crippen LogP contribution in [0.5, 0.6) is 0 Å². The quantitative estimate of drug-likeness (QED) is 0.747. The van der Waals surface area contributed by atoms with E-state index in [2.05, 4.69) is 38.9 Å². The van der Waals surface area contributed by atoms with Crippen LogP contribution in [0.2, 0.25) is 0 Å². The van der Waals surface area contributed by atoms with E-state index in [1.54, 1.807) is 17.8 Å². The summed E-state index contributed by atoms with van der Waals surface area (Å²) in [7, 11) is 1.84. The zero-order valence-corrected chi connectivity index (χ0v) is 13.1. The molecule has 0 aliphatic heterocycles. The average Bonchev–Trinajstić information content (AvgIpc) is 3.05. The van der Waals surface area contributed by atoms with E-state index in [0.717, 1.165) is 16.9 Å². The summed E-state index contributed by atoms with van der Waals surface area (Å²) >= 11 is 0. The Kier molecular flexibility index (Phi) is 3.72. The Balaban J connectivity index is 1.67. The van der Waals surface area contributed by atoms with Crippen LogP contribution in [0.1, 0.15) is 23.7 Å². The molecule has 116 valence electrons. The predicted molar refractivity (Wildman–Crippen MR) is 84.4 cm³/mol. The number of aryl methyl sites for hydroxylation is 2. The number of rotatable bonds is 5. The average molecular weight is 299 g/mol. The third-order valence-electron chi connectivity index (χ3n) is 3.85. The van der Waals surface area contributed by atoms with Gasteiger partial charge in [-0.15, -0.1) is 0 Å². The second-order valence-electron chi connectivity index (χ2n) is 5.96. The zero-order chi connectivity index (χ0) is 15.7. The summed E-state index contributed by atoms with van der Waals surface area (Å²) in [6, 6.07) is 4.11. The fraction of sp³-hybridized carbons (Fsp3) is 0.375. The number of hydrogen-bond acceptors (Lipinski definition) is 4. The number of imidazole rings is 1. The highest BCUT2D eigenvalue weighted by molar-refractivity contribution is 5.42. The van der Waals surface area contributed by atoms with E-state index in [4.69, 9.17) is 0 Å². The molecule has 0 saturated heterocycles. The lowest BCUT2D eigenvalue weighted by Crippen LogP contribution is -2.35. The first kappa shape index (κ1) is 14.7. The number of pyridine rings is 1. The van der Waals surface area contributed by atoms with Crippen molar-refractivity contribution in [1.29, 1.82) is 0 Å². The molecule has 0 saturated carbocycles. The second kappa shape index (κ2) is 5.55. The van der Waals surface area contributed by atoms with Crippen molar-refractivity contribution in [2.24, 2.45) is 7.05 Å². The second-order valence-corrected chi connectivity index (χ2v) is 5.96. The van der Waals surface area contributed by atoms with Crippen molar-refractivity contribution < 1.29 is 5.11 Å². The number of nitrogens with one attached hydrogen (secondary N) is 1. The Bertz CT molecular complexity index is 787. The minimum Gasteiger partial charge on any atom is -0.384 e. The van der Waals surface area contributed by atoms with Crippen LogP contribution in [-0.2, 0) is 19.2 Å². The maximum atomic E-state index is 10.5. The molecule has 6 heteroatoms. The Hall–Kier alpha value is -2.18. The molecule has 0 aliphatic rings.